The molecule has 0 amide bonds. The van der Waals surface area contributed by atoms with E-state index in [0.29, 0.717) is 11.3 Å². The minimum atomic E-state index is -5.13. The van der Waals surface area contributed by atoms with Crippen LogP contribution < -0.4 is 8.92 Å². The van der Waals surface area contributed by atoms with E-state index in [1.54, 1.807) is 0 Å². The van der Waals surface area contributed by atoms with Crippen LogP contribution in [0.5, 0.6) is 11.5 Å². The summed E-state index contributed by atoms with van der Waals surface area (Å²) in [6.45, 7) is -0.400. The van der Waals surface area contributed by atoms with E-state index in [0.717, 1.165) is 24.3 Å². The maximum absolute atomic E-state index is 14.2. The van der Waals surface area contributed by atoms with Gasteiger partial charge in [0.15, 0.2) is 0 Å². The smallest absolute Gasteiger partial charge is 0.488 e. The number of nitrogens with zero attached hydrogens (tertiary/aromatic N) is 1. The van der Waals surface area contributed by atoms with Gasteiger partial charge in [0.05, 0.1) is 23.8 Å². The van der Waals surface area contributed by atoms with Crippen LogP contribution in [0.4, 0.5) is 12.7 Å². The molecule has 0 radical (unpaired) electrons. The molecular formula is C16H11F3N2O4S. The Morgan fingerprint density at radius 2 is 1.65 bits per heavy atom. The van der Waals surface area contributed by atoms with Crippen molar-refractivity contribution < 1.29 is 30.0 Å². The van der Waals surface area contributed by atoms with E-state index < -0.39 is 28.7 Å². The zero-order valence-electron chi connectivity index (χ0n) is 12.9. The first kappa shape index (κ1) is 17.8. The number of hydrogen-bond donors (Lipinski definition) is 1. The van der Waals surface area contributed by atoms with Crippen LogP contribution in [-0.2, 0) is 17.1 Å². The molecule has 26 heavy (non-hydrogen) atoms. The third-order valence-electron chi connectivity index (χ3n) is 3.35. The van der Waals surface area contributed by atoms with E-state index in [2.05, 4.69) is 14.2 Å². The Bertz CT molecular complexity index is 983. The van der Waals surface area contributed by atoms with E-state index in [9.17, 15) is 21.1 Å². The molecule has 1 N–H and O–H groups in total. The van der Waals surface area contributed by atoms with Crippen LogP contribution >= 0.6 is 0 Å². The highest BCUT2D eigenvalue weighted by molar-refractivity contribution is 7.81. The number of nitrogens with one attached hydrogen (secondary N) is 1. The fourth-order valence-electron chi connectivity index (χ4n) is 2.17. The average molecular weight is 384 g/mol. The number of aromatic nitrogens is 2. The van der Waals surface area contributed by atoms with Crippen LogP contribution in [-0.4, -0.2) is 18.4 Å². The van der Waals surface area contributed by atoms with Crippen LogP contribution in [0.1, 0.15) is 5.56 Å². The lowest BCUT2D eigenvalue weighted by Gasteiger charge is -2.10. The Hall–Kier alpha value is -3.01. The summed E-state index contributed by atoms with van der Waals surface area (Å²) in [6.07, 6.45) is 2.83. The lowest BCUT2D eigenvalue weighted by atomic mass is 10.1. The topological polar surface area (TPSA) is 81.3 Å². The summed E-state index contributed by atoms with van der Waals surface area (Å²) in [7, 11) is -5.13. The van der Waals surface area contributed by atoms with Crippen molar-refractivity contribution in [2.75, 3.05) is 0 Å². The van der Waals surface area contributed by atoms with Crippen molar-refractivity contribution in [1.82, 2.24) is 9.97 Å². The number of benzene rings is 2. The van der Waals surface area contributed by atoms with Gasteiger partial charge in [-0.3, -0.25) is 0 Å². The molecular weight excluding hydrogens is 373 g/mol. The summed E-state index contributed by atoms with van der Waals surface area (Å²) in [4.78, 5) is 6.54. The third-order valence-corrected chi connectivity index (χ3v) is 3.74. The summed E-state index contributed by atoms with van der Waals surface area (Å²) in [5.74, 6) is -1.66. The second-order valence-corrected chi connectivity index (χ2v) is 6.07. The van der Waals surface area contributed by atoms with Gasteiger partial charge in [-0.1, -0.05) is 3.89 Å². The molecule has 6 nitrogen and oxygen atoms in total. The highest BCUT2D eigenvalue weighted by Crippen LogP contribution is 2.25. The van der Waals surface area contributed by atoms with Gasteiger partial charge in [0.2, 0.25) is 0 Å². The van der Waals surface area contributed by atoms with E-state index >= 15 is 0 Å². The fourth-order valence-corrected chi connectivity index (χ4v) is 2.51. The maximum Gasteiger partial charge on any atom is 0.488 e. The molecule has 3 rings (SSSR count). The number of rotatable bonds is 6. The molecule has 3 aromatic rings. The van der Waals surface area contributed by atoms with Gasteiger partial charge in [-0.05, 0) is 36.4 Å². The largest absolute Gasteiger partial charge is 0.489 e. The molecule has 0 aliphatic heterocycles. The summed E-state index contributed by atoms with van der Waals surface area (Å²) >= 11 is 0. The van der Waals surface area contributed by atoms with E-state index in [1.165, 1.54) is 24.7 Å². The van der Waals surface area contributed by atoms with Crippen molar-refractivity contribution in [3.8, 4) is 22.8 Å². The van der Waals surface area contributed by atoms with Crippen molar-refractivity contribution in [2.24, 2.45) is 0 Å². The second-order valence-electron chi connectivity index (χ2n) is 5.12. The Morgan fingerprint density at radius 1 is 1.04 bits per heavy atom. The molecule has 0 unspecified atom stereocenters. The van der Waals surface area contributed by atoms with Gasteiger partial charge in [-0.25, -0.2) is 13.8 Å². The molecule has 0 aliphatic carbocycles. The zero-order chi connectivity index (χ0) is 18.7. The molecule has 136 valence electrons. The number of halogens is 3. The first-order chi connectivity index (χ1) is 12.3. The fraction of sp³-hybridized carbons (Fsp3) is 0.0625. The molecule has 0 atom stereocenters. The van der Waals surface area contributed by atoms with Crippen LogP contribution in [0.3, 0.4) is 0 Å². The number of hydrogen-bond acceptors (Lipinski definition) is 5. The standard InChI is InChI=1S/C16H11F3N2O4S/c17-14-5-10(16-7-20-9-21-16)6-15(18)13(14)8-24-11-1-3-12(4-2-11)25-26(19,22)23/h1-7,9H,8H2,(H,20,21). The van der Waals surface area contributed by atoms with Crippen molar-refractivity contribution in [3.63, 3.8) is 0 Å². The predicted molar refractivity (Wildman–Crippen MR) is 85.4 cm³/mol. The number of aromatic amines is 1. The Labute approximate surface area is 146 Å². The van der Waals surface area contributed by atoms with Gasteiger partial charge in [0, 0.05) is 5.56 Å². The Kier molecular flexibility index (Phi) is 4.85. The monoisotopic (exact) mass is 384 g/mol. The normalized spacial score (nSPS) is 11.3. The van der Waals surface area contributed by atoms with Crippen molar-refractivity contribution in [2.45, 2.75) is 6.61 Å². The average Bonchev–Trinajstić information content (AvgIpc) is 3.08. The molecule has 10 heteroatoms. The van der Waals surface area contributed by atoms with Gasteiger partial charge in [-0.15, -0.1) is 0 Å². The first-order valence-electron chi connectivity index (χ1n) is 7.15. The van der Waals surface area contributed by atoms with E-state index in [-0.39, 0.29) is 17.1 Å². The van der Waals surface area contributed by atoms with Gasteiger partial charge >= 0.3 is 10.5 Å². The van der Waals surface area contributed by atoms with Gasteiger partial charge in [0.25, 0.3) is 0 Å². The van der Waals surface area contributed by atoms with Crippen molar-refractivity contribution in [3.05, 3.63) is 66.1 Å². The molecule has 1 heterocycles. The summed E-state index contributed by atoms with van der Waals surface area (Å²) in [6, 6.07) is 7.13. The van der Waals surface area contributed by atoms with E-state index in [4.69, 9.17) is 4.74 Å². The van der Waals surface area contributed by atoms with Crippen molar-refractivity contribution in [1.29, 1.82) is 0 Å². The highest BCUT2D eigenvalue weighted by Gasteiger charge is 2.14. The maximum atomic E-state index is 14.2. The minimum absolute atomic E-state index is 0.185. The molecule has 0 spiro atoms. The SMILES string of the molecule is O=S(=O)(F)Oc1ccc(OCc2c(F)cc(-c3cnc[nH]3)cc2F)cc1. The summed E-state index contributed by atoms with van der Waals surface area (Å²) in [5, 5.41) is 0. The second kappa shape index (κ2) is 7.08. The molecule has 1 aromatic heterocycles. The van der Waals surface area contributed by atoms with Gasteiger partial charge in [0.1, 0.15) is 29.7 Å². The van der Waals surface area contributed by atoms with Gasteiger partial charge < -0.3 is 13.9 Å². The quantitative estimate of drug-likeness (QED) is 0.658. The third kappa shape index (κ3) is 4.33. The molecule has 0 saturated heterocycles. The van der Waals surface area contributed by atoms with Crippen LogP contribution in [0.15, 0.2) is 48.9 Å². The summed E-state index contributed by atoms with van der Waals surface area (Å²) < 4.78 is 70.8. The first-order valence-corrected chi connectivity index (χ1v) is 8.46. The Balaban J connectivity index is 1.72. The van der Waals surface area contributed by atoms with Crippen molar-refractivity contribution >= 4 is 10.5 Å². The molecule has 0 saturated carbocycles. The predicted octanol–water partition coefficient (Wildman–Crippen LogP) is 3.53. The lowest BCUT2D eigenvalue weighted by molar-refractivity contribution is 0.292. The number of ether oxygens (including phenoxy) is 1. The lowest BCUT2D eigenvalue weighted by Crippen LogP contribution is -2.03. The molecule has 0 aliphatic rings. The number of H-pyrrole nitrogens is 1. The van der Waals surface area contributed by atoms with E-state index in [1.807, 2.05) is 0 Å². The van der Waals surface area contributed by atoms with Crippen LogP contribution in [0.2, 0.25) is 0 Å². The van der Waals surface area contributed by atoms with Gasteiger partial charge in [-0.2, -0.15) is 8.42 Å². The highest BCUT2D eigenvalue weighted by atomic mass is 32.3. The molecule has 0 fully saturated rings. The van der Waals surface area contributed by atoms with Crippen LogP contribution in [0.25, 0.3) is 11.3 Å². The minimum Gasteiger partial charge on any atom is -0.489 e. The molecule has 0 bridgehead atoms. The summed E-state index contributed by atoms with van der Waals surface area (Å²) in [5.41, 5.74) is 0.490. The molecule has 2 aromatic carbocycles. The van der Waals surface area contributed by atoms with Crippen LogP contribution in [0, 0.1) is 11.6 Å². The number of imidazole rings is 1. The Morgan fingerprint density at radius 3 is 2.19 bits per heavy atom. The zero-order valence-corrected chi connectivity index (χ0v) is 13.8.